The molecule has 0 aliphatic rings. The molecular weight excluding hydrogens is 323 g/mol. The summed E-state index contributed by atoms with van der Waals surface area (Å²) < 4.78 is 23.9. The van der Waals surface area contributed by atoms with Gasteiger partial charge in [0.05, 0.1) is 12.2 Å². The summed E-state index contributed by atoms with van der Waals surface area (Å²) >= 11 is 10.0. The largest absolute Gasteiger partial charge is 0.328 e. The summed E-state index contributed by atoms with van der Waals surface area (Å²) in [5, 5.41) is 3.09. The van der Waals surface area contributed by atoms with E-state index < -0.39 is 7.60 Å². The van der Waals surface area contributed by atoms with Crippen molar-refractivity contribution in [3.63, 3.8) is 0 Å². The Morgan fingerprint density at radius 1 is 0.952 bits per heavy atom. The van der Waals surface area contributed by atoms with Gasteiger partial charge in [-0.2, -0.15) is 0 Å². The first-order chi connectivity index (χ1) is 9.81. The minimum absolute atomic E-state index is 0.225. The Morgan fingerprint density at radius 2 is 1.29 bits per heavy atom. The van der Waals surface area contributed by atoms with E-state index in [2.05, 4.69) is 13.8 Å². The Labute approximate surface area is 140 Å². The fourth-order valence-electron chi connectivity index (χ4n) is 2.23. The van der Waals surface area contributed by atoms with Crippen LogP contribution in [-0.4, -0.2) is 29.6 Å². The molecule has 0 aliphatic heterocycles. The monoisotopic (exact) mass is 352 g/mol. The highest BCUT2D eigenvalue weighted by atomic mass is 32.1. The Kier molecular flexibility index (Phi) is 11.1. The second-order valence-electron chi connectivity index (χ2n) is 5.72. The molecular formula is C15H29O3PS2. The third-order valence-corrected chi connectivity index (χ3v) is 5.29. The van der Waals surface area contributed by atoms with Gasteiger partial charge in [0.1, 0.15) is 0 Å². The van der Waals surface area contributed by atoms with Crippen molar-refractivity contribution in [2.24, 2.45) is 11.8 Å². The lowest BCUT2D eigenvalue weighted by Crippen LogP contribution is -2.26. The van der Waals surface area contributed by atoms with Gasteiger partial charge in [-0.15, -0.1) is 0 Å². The maximum Gasteiger partial charge on any atom is 0.328 e. The molecule has 0 aromatic carbocycles. The fraction of sp³-hybridized carbons (Fsp3) is 0.867. The van der Waals surface area contributed by atoms with Crippen LogP contribution in [-0.2, 0) is 13.6 Å². The molecule has 4 unspecified atom stereocenters. The third-order valence-electron chi connectivity index (χ3n) is 3.50. The van der Waals surface area contributed by atoms with Gasteiger partial charge in [-0.25, -0.2) is 0 Å². The quantitative estimate of drug-likeness (QED) is 0.345. The molecule has 0 bridgehead atoms. The smallest absolute Gasteiger partial charge is 0.300 e. The van der Waals surface area contributed by atoms with E-state index in [1.165, 1.54) is 6.66 Å². The van der Waals surface area contributed by atoms with Crippen molar-refractivity contribution in [3.05, 3.63) is 0 Å². The average molecular weight is 353 g/mol. The predicted molar refractivity (Wildman–Crippen MR) is 98.7 cm³/mol. The summed E-state index contributed by atoms with van der Waals surface area (Å²) in [5.41, 5.74) is 0. The summed E-state index contributed by atoms with van der Waals surface area (Å²) in [6, 6.07) is 0. The van der Waals surface area contributed by atoms with Gasteiger partial charge < -0.3 is 9.05 Å². The van der Waals surface area contributed by atoms with E-state index in [1.54, 1.807) is 10.7 Å². The molecule has 0 saturated heterocycles. The maximum absolute atomic E-state index is 12.6. The molecule has 4 atom stereocenters. The Balaban J connectivity index is 4.75. The Morgan fingerprint density at radius 3 is 1.52 bits per heavy atom. The molecule has 124 valence electrons. The molecule has 0 spiro atoms. The highest BCUT2D eigenvalue weighted by molar-refractivity contribution is 7.79. The topological polar surface area (TPSA) is 35.5 Å². The number of hydrogen-bond donors (Lipinski definition) is 0. The molecule has 0 aromatic heterocycles. The van der Waals surface area contributed by atoms with Crippen LogP contribution in [0.3, 0.4) is 0 Å². The zero-order chi connectivity index (χ0) is 16.5. The lowest BCUT2D eigenvalue weighted by molar-refractivity contribution is 0.124. The van der Waals surface area contributed by atoms with Crippen molar-refractivity contribution in [2.75, 3.05) is 6.66 Å². The van der Waals surface area contributed by atoms with E-state index in [0.717, 1.165) is 25.7 Å². The standard InChI is InChI=1S/C15H29O3PS2/c1-6-8-12(3)14(10-20)17-19(5,16)18-15(11-21)13(4)9-7-2/h10-15H,6-9H2,1-5H3. The van der Waals surface area contributed by atoms with Crippen LogP contribution in [0, 0.1) is 11.8 Å². The number of thiocarbonyl (C=S) groups is 2. The van der Waals surface area contributed by atoms with Crippen molar-refractivity contribution >= 4 is 42.8 Å². The number of hydrogen-bond acceptors (Lipinski definition) is 5. The number of rotatable bonds is 12. The third kappa shape index (κ3) is 8.51. The van der Waals surface area contributed by atoms with Crippen LogP contribution in [0.5, 0.6) is 0 Å². The summed E-state index contributed by atoms with van der Waals surface area (Å²) in [6.07, 6.45) is 3.36. The fourth-order valence-corrected chi connectivity index (χ4v) is 4.52. The lowest BCUT2D eigenvalue weighted by atomic mass is 10.0. The minimum Gasteiger partial charge on any atom is -0.300 e. The van der Waals surface area contributed by atoms with Gasteiger partial charge in [-0.05, 0) is 24.7 Å². The molecule has 0 N–H and O–H groups in total. The Bertz CT molecular complexity index is 333. The van der Waals surface area contributed by atoms with Gasteiger partial charge >= 0.3 is 7.60 Å². The van der Waals surface area contributed by atoms with Gasteiger partial charge in [0, 0.05) is 17.4 Å². The van der Waals surface area contributed by atoms with E-state index >= 15 is 0 Å². The van der Waals surface area contributed by atoms with Gasteiger partial charge in [0.15, 0.2) is 0 Å². The Hall–Kier alpha value is 0.330. The first-order valence-electron chi connectivity index (χ1n) is 7.66. The molecule has 0 amide bonds. The zero-order valence-electron chi connectivity index (χ0n) is 13.8. The highest BCUT2D eigenvalue weighted by Gasteiger charge is 2.30. The van der Waals surface area contributed by atoms with Gasteiger partial charge in [0.25, 0.3) is 0 Å². The summed E-state index contributed by atoms with van der Waals surface area (Å²) in [7, 11) is -3.19. The van der Waals surface area contributed by atoms with Crippen LogP contribution >= 0.6 is 32.0 Å². The molecule has 0 aromatic rings. The van der Waals surface area contributed by atoms with Crippen LogP contribution in [0.25, 0.3) is 0 Å². The van der Waals surface area contributed by atoms with Crippen LogP contribution in [0.2, 0.25) is 0 Å². The summed E-state index contributed by atoms with van der Waals surface area (Å²) in [6.45, 7) is 9.81. The predicted octanol–water partition coefficient (Wildman–Crippen LogP) is 5.45. The molecule has 0 radical (unpaired) electrons. The molecule has 6 heteroatoms. The van der Waals surface area contributed by atoms with Gasteiger partial charge in [-0.1, -0.05) is 65.0 Å². The molecule has 0 aliphatic carbocycles. The molecule has 0 fully saturated rings. The zero-order valence-corrected chi connectivity index (χ0v) is 16.3. The second-order valence-corrected chi connectivity index (χ2v) is 8.22. The van der Waals surface area contributed by atoms with Crippen LogP contribution in [0.15, 0.2) is 0 Å². The van der Waals surface area contributed by atoms with Crippen molar-refractivity contribution < 1.29 is 13.6 Å². The highest BCUT2D eigenvalue weighted by Crippen LogP contribution is 2.48. The first-order valence-corrected chi connectivity index (χ1v) is 10.6. The molecule has 0 saturated carbocycles. The van der Waals surface area contributed by atoms with Crippen LogP contribution in [0.1, 0.15) is 53.4 Å². The maximum atomic E-state index is 12.6. The normalized spacial score (nSPS) is 20.0. The van der Waals surface area contributed by atoms with Crippen molar-refractivity contribution in [1.82, 2.24) is 0 Å². The second kappa shape index (κ2) is 11.0. The lowest BCUT2D eigenvalue weighted by Gasteiger charge is -2.28. The van der Waals surface area contributed by atoms with Crippen molar-refractivity contribution in [2.45, 2.75) is 65.6 Å². The SMILES string of the molecule is CCCC(C)C(C=S)OP(C)(=O)OC(C=S)C(C)CCC. The molecule has 21 heavy (non-hydrogen) atoms. The van der Waals surface area contributed by atoms with E-state index in [4.69, 9.17) is 33.5 Å². The van der Waals surface area contributed by atoms with Gasteiger partial charge in [0.2, 0.25) is 0 Å². The van der Waals surface area contributed by atoms with E-state index in [9.17, 15) is 4.57 Å². The van der Waals surface area contributed by atoms with Crippen LogP contribution in [0.4, 0.5) is 0 Å². The molecule has 3 nitrogen and oxygen atoms in total. The van der Waals surface area contributed by atoms with E-state index in [0.29, 0.717) is 0 Å². The van der Waals surface area contributed by atoms with Crippen molar-refractivity contribution in [3.8, 4) is 0 Å². The van der Waals surface area contributed by atoms with E-state index in [1.807, 2.05) is 13.8 Å². The van der Waals surface area contributed by atoms with E-state index in [-0.39, 0.29) is 24.0 Å². The summed E-state index contributed by atoms with van der Waals surface area (Å²) in [4.78, 5) is 0. The molecule has 0 heterocycles. The van der Waals surface area contributed by atoms with Gasteiger partial charge in [-0.3, -0.25) is 4.57 Å². The summed E-state index contributed by atoms with van der Waals surface area (Å²) in [5.74, 6) is 0.451. The minimum atomic E-state index is -3.19. The average Bonchev–Trinajstić information content (AvgIpc) is 2.42. The molecule has 0 rings (SSSR count). The van der Waals surface area contributed by atoms with Crippen LogP contribution < -0.4 is 0 Å². The first kappa shape index (κ1) is 21.3. The van der Waals surface area contributed by atoms with Crippen molar-refractivity contribution in [1.29, 1.82) is 0 Å².